The smallest absolute Gasteiger partial charge is 0.270 e. The molecule has 7 nitrogen and oxygen atoms in total. The molecule has 0 aliphatic rings. The van der Waals surface area contributed by atoms with Crippen LogP contribution in [0.1, 0.15) is 10.4 Å². The van der Waals surface area contributed by atoms with Crippen LogP contribution in [0.15, 0.2) is 24.3 Å². The van der Waals surface area contributed by atoms with Crippen molar-refractivity contribution in [3.63, 3.8) is 0 Å². The Labute approximate surface area is 83.5 Å². The summed E-state index contributed by atoms with van der Waals surface area (Å²) >= 11 is 0. The lowest BCUT2D eigenvalue weighted by Gasteiger charge is -2.04. The molecule has 1 aromatic carbocycles. The topological polar surface area (TPSA) is 112 Å². The van der Waals surface area contributed by atoms with E-state index < -0.39 is 16.9 Å². The number of carbonyl (C=O) groups is 2. The molecular formula is C8H5N2O5-. The molecule has 1 rings (SSSR count). The Morgan fingerprint density at radius 1 is 1.33 bits per heavy atom. The van der Waals surface area contributed by atoms with Crippen LogP contribution in [-0.2, 0) is 0 Å². The van der Waals surface area contributed by atoms with Crippen LogP contribution >= 0.6 is 0 Å². The summed E-state index contributed by atoms with van der Waals surface area (Å²) in [5, 5.41) is 21.8. The number of imide groups is 1. The minimum atomic E-state index is -1.76. The molecule has 0 fully saturated rings. The maximum atomic E-state index is 11.1. The average molecular weight is 209 g/mol. The Hall–Kier alpha value is -2.44. The molecule has 78 valence electrons. The summed E-state index contributed by atoms with van der Waals surface area (Å²) in [5.41, 5.74) is -0.408. The largest absolute Gasteiger partial charge is 0.530 e. The van der Waals surface area contributed by atoms with Crippen LogP contribution in [0.4, 0.5) is 10.5 Å². The van der Waals surface area contributed by atoms with E-state index >= 15 is 0 Å². The van der Waals surface area contributed by atoms with E-state index in [1.807, 2.05) is 0 Å². The number of nitro groups is 1. The van der Waals surface area contributed by atoms with E-state index in [1.54, 1.807) is 0 Å². The van der Waals surface area contributed by atoms with Gasteiger partial charge in [-0.2, -0.15) is 0 Å². The number of amides is 2. The highest BCUT2D eigenvalue weighted by atomic mass is 16.6. The SMILES string of the molecule is O=C([O-])NC(=O)c1cccc([N+](=O)[O-])c1. The van der Waals surface area contributed by atoms with Crippen molar-refractivity contribution in [3.8, 4) is 0 Å². The summed E-state index contributed by atoms with van der Waals surface area (Å²) in [6.45, 7) is 0. The molecule has 15 heavy (non-hydrogen) atoms. The van der Waals surface area contributed by atoms with E-state index in [-0.39, 0.29) is 11.3 Å². The summed E-state index contributed by atoms with van der Waals surface area (Å²) in [6.07, 6.45) is -1.76. The molecule has 0 saturated carbocycles. The first-order valence-electron chi connectivity index (χ1n) is 3.77. The second-order valence-corrected chi connectivity index (χ2v) is 2.55. The summed E-state index contributed by atoms with van der Waals surface area (Å²) in [7, 11) is 0. The van der Waals surface area contributed by atoms with E-state index in [4.69, 9.17) is 0 Å². The molecule has 0 radical (unpaired) electrons. The van der Waals surface area contributed by atoms with Gasteiger partial charge in [0.25, 0.3) is 11.6 Å². The Morgan fingerprint density at radius 3 is 2.53 bits per heavy atom. The normalized spacial score (nSPS) is 9.33. The number of carboxylic acid groups (broad SMARTS) is 1. The van der Waals surface area contributed by atoms with Crippen molar-refractivity contribution in [2.24, 2.45) is 0 Å². The second-order valence-electron chi connectivity index (χ2n) is 2.55. The molecule has 0 spiro atoms. The highest BCUT2D eigenvalue weighted by molar-refractivity contribution is 6.02. The summed E-state index contributed by atoms with van der Waals surface area (Å²) < 4.78 is 0. The maximum Gasteiger partial charge on any atom is 0.270 e. The number of rotatable bonds is 2. The van der Waals surface area contributed by atoms with Crippen molar-refractivity contribution in [1.29, 1.82) is 0 Å². The highest BCUT2D eigenvalue weighted by Gasteiger charge is 2.10. The number of hydrogen-bond acceptors (Lipinski definition) is 5. The molecule has 7 heteroatoms. The molecule has 0 aliphatic carbocycles. The fraction of sp³-hybridized carbons (Fsp3) is 0. The molecule has 0 atom stereocenters. The quantitative estimate of drug-likeness (QED) is 0.529. The predicted molar refractivity (Wildman–Crippen MR) is 46.0 cm³/mol. The lowest BCUT2D eigenvalue weighted by Crippen LogP contribution is -2.40. The van der Waals surface area contributed by atoms with Crippen LogP contribution in [0.25, 0.3) is 0 Å². The molecule has 1 aromatic rings. The van der Waals surface area contributed by atoms with Crippen LogP contribution in [-0.4, -0.2) is 16.9 Å². The van der Waals surface area contributed by atoms with E-state index in [0.717, 1.165) is 6.07 Å². The van der Waals surface area contributed by atoms with Gasteiger partial charge in [0.2, 0.25) is 0 Å². The van der Waals surface area contributed by atoms with Crippen molar-refractivity contribution in [2.75, 3.05) is 0 Å². The Kier molecular flexibility index (Phi) is 2.97. The van der Waals surface area contributed by atoms with Crippen LogP contribution in [0, 0.1) is 10.1 Å². The summed E-state index contributed by atoms with van der Waals surface area (Å²) in [6, 6.07) is 4.70. The maximum absolute atomic E-state index is 11.1. The molecule has 0 bridgehead atoms. The molecule has 0 aliphatic heterocycles. The van der Waals surface area contributed by atoms with Crippen LogP contribution in [0.5, 0.6) is 0 Å². The monoisotopic (exact) mass is 209 g/mol. The highest BCUT2D eigenvalue weighted by Crippen LogP contribution is 2.12. The van der Waals surface area contributed by atoms with Crippen LogP contribution < -0.4 is 10.4 Å². The van der Waals surface area contributed by atoms with Crippen molar-refractivity contribution >= 4 is 17.7 Å². The van der Waals surface area contributed by atoms with E-state index in [9.17, 15) is 24.8 Å². The zero-order valence-electron chi connectivity index (χ0n) is 7.30. The van der Waals surface area contributed by atoms with E-state index in [0.29, 0.717) is 0 Å². The Morgan fingerprint density at radius 2 is 2.00 bits per heavy atom. The van der Waals surface area contributed by atoms with Crippen molar-refractivity contribution in [3.05, 3.63) is 39.9 Å². The molecule has 1 N–H and O–H groups in total. The first-order valence-corrected chi connectivity index (χ1v) is 3.77. The minimum absolute atomic E-state index is 0.117. The molecule has 0 saturated heterocycles. The average Bonchev–Trinajstić information content (AvgIpc) is 2.17. The standard InChI is InChI=1S/C8H6N2O5/c11-7(9-8(12)13)5-2-1-3-6(4-5)10(14)15/h1-4H,(H,9,11)(H,12,13)/p-1. The third kappa shape index (κ3) is 2.76. The molecular weight excluding hydrogens is 204 g/mol. The van der Waals surface area contributed by atoms with Gasteiger partial charge < -0.3 is 15.2 Å². The van der Waals surface area contributed by atoms with Crippen molar-refractivity contribution in [2.45, 2.75) is 0 Å². The fourth-order valence-corrected chi connectivity index (χ4v) is 0.926. The molecule has 2 amide bonds. The van der Waals surface area contributed by atoms with Gasteiger partial charge in [-0.15, -0.1) is 0 Å². The van der Waals surface area contributed by atoms with Crippen LogP contribution in [0.2, 0.25) is 0 Å². The van der Waals surface area contributed by atoms with E-state index in [1.165, 1.54) is 23.5 Å². The molecule has 0 heterocycles. The van der Waals surface area contributed by atoms with Gasteiger partial charge in [0.15, 0.2) is 0 Å². The zero-order valence-corrected chi connectivity index (χ0v) is 7.30. The third-order valence-corrected chi connectivity index (χ3v) is 1.53. The van der Waals surface area contributed by atoms with Gasteiger partial charge in [0.05, 0.1) is 4.92 Å². The zero-order chi connectivity index (χ0) is 11.4. The lowest BCUT2D eigenvalue weighted by atomic mass is 10.2. The number of benzene rings is 1. The van der Waals surface area contributed by atoms with Gasteiger partial charge >= 0.3 is 0 Å². The Bertz CT molecular complexity index is 429. The third-order valence-electron chi connectivity index (χ3n) is 1.53. The fourth-order valence-electron chi connectivity index (χ4n) is 0.926. The first-order chi connectivity index (χ1) is 7.00. The number of nitrogens with one attached hydrogen (secondary N) is 1. The molecule has 0 unspecified atom stereocenters. The number of nitrogens with zero attached hydrogens (tertiary/aromatic N) is 1. The number of hydrogen-bond donors (Lipinski definition) is 1. The van der Waals surface area contributed by atoms with Gasteiger partial charge in [-0.05, 0) is 6.07 Å². The number of non-ortho nitro benzene ring substituents is 1. The van der Waals surface area contributed by atoms with Gasteiger partial charge in [0, 0.05) is 17.7 Å². The van der Waals surface area contributed by atoms with Gasteiger partial charge in [0.1, 0.15) is 6.09 Å². The summed E-state index contributed by atoms with van der Waals surface area (Å²) in [4.78, 5) is 30.8. The predicted octanol–water partition coefficient (Wildman–Crippen LogP) is -0.332. The van der Waals surface area contributed by atoms with Gasteiger partial charge in [-0.3, -0.25) is 14.9 Å². The number of carbonyl (C=O) groups excluding carboxylic acids is 2. The lowest BCUT2D eigenvalue weighted by molar-refractivity contribution is -0.384. The number of nitro benzene ring substituents is 1. The van der Waals surface area contributed by atoms with Crippen molar-refractivity contribution < 1.29 is 19.6 Å². The minimum Gasteiger partial charge on any atom is -0.530 e. The van der Waals surface area contributed by atoms with E-state index in [2.05, 4.69) is 0 Å². The summed E-state index contributed by atoms with van der Waals surface area (Å²) in [5.74, 6) is -0.960. The molecule has 0 aromatic heterocycles. The second kappa shape index (κ2) is 4.18. The van der Waals surface area contributed by atoms with Gasteiger partial charge in [-0.1, -0.05) is 6.07 Å². The van der Waals surface area contributed by atoms with Gasteiger partial charge in [-0.25, -0.2) is 0 Å². The first kappa shape index (κ1) is 10.6. The van der Waals surface area contributed by atoms with Crippen molar-refractivity contribution in [1.82, 2.24) is 5.32 Å². The van der Waals surface area contributed by atoms with Crippen LogP contribution in [0.3, 0.4) is 0 Å². The Balaban J connectivity index is 2.95.